The number of aliphatic carboxylic acids is 2. The molecule has 0 saturated heterocycles. The van der Waals surface area contributed by atoms with E-state index in [4.69, 9.17) is 10.2 Å². The molecule has 15 heavy (non-hydrogen) atoms. The molecule has 7 heteroatoms. The van der Waals surface area contributed by atoms with Gasteiger partial charge in [0.05, 0.1) is 0 Å². The van der Waals surface area contributed by atoms with Crippen LogP contribution in [0.1, 0.15) is 39.5 Å². The average molecular weight is 371 g/mol. The molecule has 0 aromatic rings. The van der Waals surface area contributed by atoms with E-state index in [2.05, 4.69) is 0 Å². The maximum absolute atomic E-state index is 9.60. The fourth-order valence-electron chi connectivity index (χ4n) is 0.428. The molecule has 0 aliphatic rings. The molecule has 0 heterocycles. The van der Waals surface area contributed by atoms with Gasteiger partial charge >= 0.3 is 11.9 Å². The summed E-state index contributed by atoms with van der Waals surface area (Å²) >= 11 is 0. The Morgan fingerprint density at radius 1 is 0.933 bits per heavy atom. The van der Waals surface area contributed by atoms with Crippen molar-refractivity contribution in [3.8, 4) is 0 Å². The van der Waals surface area contributed by atoms with Crippen molar-refractivity contribution in [3.63, 3.8) is 0 Å². The largest absolute Gasteiger partial charge is 0.481 e. The molecule has 0 spiro atoms. The number of rotatable bonds is 4. The minimum Gasteiger partial charge on any atom is -0.481 e. The Morgan fingerprint density at radius 3 is 1.13 bits per heavy atom. The van der Waals surface area contributed by atoms with Crippen molar-refractivity contribution in [2.24, 2.45) is 0 Å². The van der Waals surface area contributed by atoms with Crippen LogP contribution in [0, 0.1) is 0 Å². The molecule has 2 N–H and O–H groups in total. The number of halogens is 1. The molecular formula is C8H17BrCoMnO4. The second-order valence-electron chi connectivity index (χ2n) is 2.29. The monoisotopic (exact) mass is 370 g/mol. The van der Waals surface area contributed by atoms with E-state index < -0.39 is 11.9 Å². The van der Waals surface area contributed by atoms with Crippen LogP contribution in [0.15, 0.2) is 0 Å². The minimum atomic E-state index is -0.711. The summed E-state index contributed by atoms with van der Waals surface area (Å²) in [6.45, 7) is 3.68. The fraction of sp³-hybridized carbons (Fsp3) is 0.750. The van der Waals surface area contributed by atoms with Gasteiger partial charge in [0.15, 0.2) is 0 Å². The molecule has 0 bridgehead atoms. The summed E-state index contributed by atoms with van der Waals surface area (Å²) in [5, 5.41) is 15.8. The van der Waals surface area contributed by atoms with Gasteiger partial charge in [-0.2, -0.15) is 0 Å². The van der Waals surface area contributed by atoms with Gasteiger partial charge in [-0.15, -0.1) is 17.0 Å². The Balaban J connectivity index is -0.0000000370. The van der Waals surface area contributed by atoms with Crippen molar-refractivity contribution in [2.45, 2.75) is 39.5 Å². The van der Waals surface area contributed by atoms with Gasteiger partial charge in [-0.25, -0.2) is 0 Å². The Bertz CT molecular complexity index is 131. The summed E-state index contributed by atoms with van der Waals surface area (Å²) in [5.74, 6) is -1.42. The zero-order valence-electron chi connectivity index (χ0n) is 8.66. The van der Waals surface area contributed by atoms with E-state index in [0.717, 1.165) is 12.8 Å². The topological polar surface area (TPSA) is 74.6 Å². The summed E-state index contributed by atoms with van der Waals surface area (Å²) in [4.78, 5) is 19.2. The van der Waals surface area contributed by atoms with Crippen LogP contribution >= 0.6 is 17.0 Å². The van der Waals surface area contributed by atoms with E-state index in [-0.39, 0.29) is 50.8 Å². The van der Waals surface area contributed by atoms with Gasteiger partial charge in [0.1, 0.15) is 0 Å². The number of carbonyl (C=O) groups is 2. The zero-order valence-corrected chi connectivity index (χ0v) is 12.6. The van der Waals surface area contributed by atoms with E-state index in [1.54, 1.807) is 0 Å². The van der Waals surface area contributed by atoms with Crippen molar-refractivity contribution >= 4 is 28.9 Å². The second-order valence-corrected chi connectivity index (χ2v) is 2.29. The zero-order chi connectivity index (χ0) is 9.98. The van der Waals surface area contributed by atoms with Crippen LogP contribution in [-0.2, 0) is 43.4 Å². The molecule has 0 rings (SSSR count). The summed E-state index contributed by atoms with van der Waals surface area (Å²) in [6.07, 6.45) is 2.05. The van der Waals surface area contributed by atoms with Crippen LogP contribution in [0.5, 0.6) is 0 Å². The molecular weight excluding hydrogens is 354 g/mol. The Hall–Kier alpha value is 0.446. The predicted molar refractivity (Wildman–Crippen MR) is 55.4 cm³/mol. The third-order valence-corrected chi connectivity index (χ3v) is 0.928. The first-order valence-electron chi connectivity index (χ1n) is 3.98. The molecule has 0 amide bonds. The standard InChI is InChI=1S/2C4H8O2.BrH.Co.Mn/c2*1-2-3-4(5)6;;;/h2*2-3H2,1H3,(H,5,6);1H;;. The first kappa shape index (κ1) is 29.5. The van der Waals surface area contributed by atoms with Gasteiger partial charge in [0.25, 0.3) is 0 Å². The van der Waals surface area contributed by atoms with Crippen LogP contribution in [0.4, 0.5) is 0 Å². The van der Waals surface area contributed by atoms with Gasteiger partial charge in [-0.05, 0) is 12.8 Å². The number of hydrogen-bond acceptors (Lipinski definition) is 2. The van der Waals surface area contributed by atoms with Crippen molar-refractivity contribution in [1.29, 1.82) is 0 Å². The van der Waals surface area contributed by atoms with E-state index in [1.807, 2.05) is 13.8 Å². The maximum Gasteiger partial charge on any atom is 0.303 e. The fourth-order valence-corrected chi connectivity index (χ4v) is 0.428. The van der Waals surface area contributed by atoms with E-state index in [1.165, 1.54) is 0 Å². The molecule has 96 valence electrons. The quantitative estimate of drug-likeness (QED) is 0.744. The van der Waals surface area contributed by atoms with Crippen molar-refractivity contribution in [1.82, 2.24) is 0 Å². The van der Waals surface area contributed by atoms with Crippen molar-refractivity contribution in [2.75, 3.05) is 0 Å². The molecule has 0 unspecified atom stereocenters. The van der Waals surface area contributed by atoms with Gasteiger partial charge in [0, 0.05) is 46.7 Å². The van der Waals surface area contributed by atoms with Gasteiger partial charge in [-0.1, -0.05) is 13.8 Å². The molecule has 0 atom stereocenters. The predicted octanol–water partition coefficient (Wildman–Crippen LogP) is 2.32. The second kappa shape index (κ2) is 23.9. The Morgan fingerprint density at radius 2 is 1.13 bits per heavy atom. The smallest absolute Gasteiger partial charge is 0.303 e. The molecule has 0 aliphatic heterocycles. The van der Waals surface area contributed by atoms with E-state index in [0.29, 0.717) is 12.8 Å². The number of carboxylic acids is 2. The molecule has 2 radical (unpaired) electrons. The van der Waals surface area contributed by atoms with E-state index >= 15 is 0 Å². The SMILES string of the molecule is Br.CCCC(=O)O.CCCC(=O)O.[Co].[Mn]. The first-order chi connectivity index (χ1) is 5.54. The van der Waals surface area contributed by atoms with Gasteiger partial charge < -0.3 is 10.2 Å². The molecule has 0 fully saturated rings. The van der Waals surface area contributed by atoms with Crippen LogP contribution in [0.2, 0.25) is 0 Å². The van der Waals surface area contributed by atoms with Crippen LogP contribution in [0.25, 0.3) is 0 Å². The molecule has 0 aliphatic carbocycles. The van der Waals surface area contributed by atoms with Crippen molar-refractivity contribution in [3.05, 3.63) is 0 Å². The van der Waals surface area contributed by atoms with Crippen molar-refractivity contribution < 1.29 is 53.6 Å². The average Bonchev–Trinajstić information content (AvgIpc) is 1.87. The maximum atomic E-state index is 9.60. The normalized spacial score (nSPS) is 6.53. The Kier molecular flexibility index (Phi) is 47.1. The van der Waals surface area contributed by atoms with Crippen LogP contribution < -0.4 is 0 Å². The van der Waals surface area contributed by atoms with Crippen LogP contribution in [0.3, 0.4) is 0 Å². The Labute approximate surface area is 122 Å². The summed E-state index contributed by atoms with van der Waals surface area (Å²) in [7, 11) is 0. The molecule has 0 aromatic heterocycles. The number of hydrogen-bond donors (Lipinski definition) is 2. The van der Waals surface area contributed by atoms with Gasteiger partial charge in [-0.3, -0.25) is 9.59 Å². The number of carboxylic acid groups (broad SMARTS) is 2. The summed E-state index contributed by atoms with van der Waals surface area (Å²) in [6, 6.07) is 0. The summed E-state index contributed by atoms with van der Waals surface area (Å²) < 4.78 is 0. The van der Waals surface area contributed by atoms with E-state index in [9.17, 15) is 9.59 Å². The minimum absolute atomic E-state index is 0. The third-order valence-electron chi connectivity index (χ3n) is 0.928. The first-order valence-corrected chi connectivity index (χ1v) is 3.98. The van der Waals surface area contributed by atoms with Crippen LogP contribution in [-0.4, -0.2) is 22.2 Å². The van der Waals surface area contributed by atoms with Gasteiger partial charge in [0.2, 0.25) is 0 Å². The molecule has 0 saturated carbocycles. The third kappa shape index (κ3) is 53.9. The summed E-state index contributed by atoms with van der Waals surface area (Å²) in [5.41, 5.74) is 0. The molecule has 0 aromatic carbocycles. The molecule has 4 nitrogen and oxygen atoms in total.